The molecule has 0 saturated carbocycles. The second kappa shape index (κ2) is 10.9. The summed E-state index contributed by atoms with van der Waals surface area (Å²) in [7, 11) is 0. The Hall–Kier alpha value is -2.28. The van der Waals surface area contributed by atoms with Crippen LogP contribution >= 0.6 is 0 Å². The first-order valence-corrected chi connectivity index (χ1v) is 9.76. The van der Waals surface area contributed by atoms with Crippen molar-refractivity contribution >= 4 is 17.7 Å². The number of nitrogens with zero attached hydrogens (tertiary/aromatic N) is 1. The first kappa shape index (κ1) is 23.8. The summed E-state index contributed by atoms with van der Waals surface area (Å²) < 4.78 is 5.25. The summed E-state index contributed by atoms with van der Waals surface area (Å²) in [6, 6.07) is 7.69. The lowest BCUT2D eigenvalue weighted by molar-refractivity contribution is 0.0636. The summed E-state index contributed by atoms with van der Waals surface area (Å²) >= 11 is 0. The number of rotatable bonds is 8. The molecule has 0 aliphatic carbocycles. The zero-order chi connectivity index (χ0) is 21.2. The quantitative estimate of drug-likeness (QED) is 0.403. The number of ether oxygens (including phenoxy) is 1. The van der Waals surface area contributed by atoms with Crippen LogP contribution in [0, 0.1) is 5.41 Å². The fourth-order valence-corrected chi connectivity index (χ4v) is 2.19. The van der Waals surface area contributed by atoms with Gasteiger partial charge < -0.3 is 20.5 Å². The molecule has 7 nitrogen and oxygen atoms in total. The number of anilines is 1. The number of aliphatic hydroxyl groups is 1. The molecule has 0 aromatic heterocycles. The molecule has 0 aliphatic heterocycles. The van der Waals surface area contributed by atoms with Gasteiger partial charge in [0.05, 0.1) is 6.54 Å². The van der Waals surface area contributed by atoms with E-state index in [1.807, 2.05) is 65.8 Å². The van der Waals surface area contributed by atoms with E-state index in [1.54, 1.807) is 0 Å². The average molecular weight is 393 g/mol. The minimum absolute atomic E-state index is 0.0968. The Balaban J connectivity index is 2.51. The monoisotopic (exact) mass is 392 g/mol. The van der Waals surface area contributed by atoms with E-state index < -0.39 is 11.7 Å². The molecule has 1 amide bonds. The van der Waals surface area contributed by atoms with E-state index in [0.717, 1.165) is 31.0 Å². The molecule has 0 heterocycles. The van der Waals surface area contributed by atoms with Crippen LogP contribution in [0.25, 0.3) is 0 Å². The molecule has 1 aromatic carbocycles. The minimum Gasteiger partial charge on any atom is -0.444 e. The Morgan fingerprint density at radius 3 is 2.29 bits per heavy atom. The van der Waals surface area contributed by atoms with Crippen molar-refractivity contribution in [2.24, 2.45) is 10.4 Å². The number of hydrogen-bond donors (Lipinski definition) is 4. The molecule has 0 atom stereocenters. The highest BCUT2D eigenvalue weighted by molar-refractivity contribution is 5.84. The van der Waals surface area contributed by atoms with Crippen molar-refractivity contribution in [1.82, 2.24) is 10.6 Å². The third kappa shape index (κ3) is 10.2. The third-order valence-corrected chi connectivity index (χ3v) is 3.74. The van der Waals surface area contributed by atoms with Gasteiger partial charge in [0.15, 0.2) is 5.96 Å². The molecule has 0 radical (unpaired) electrons. The number of nitrogens with one attached hydrogen (secondary N) is 3. The maximum Gasteiger partial charge on any atom is 0.412 e. The molecule has 0 bridgehead atoms. The molecule has 1 aromatic rings. The Kier molecular flexibility index (Phi) is 9.25. The van der Waals surface area contributed by atoms with Crippen molar-refractivity contribution in [3.8, 4) is 0 Å². The number of aliphatic hydroxyl groups excluding tert-OH is 1. The second-order valence-corrected chi connectivity index (χ2v) is 8.52. The number of carbonyl (C=O) groups excluding carboxylic acids is 1. The number of guanidine groups is 1. The summed E-state index contributed by atoms with van der Waals surface area (Å²) in [5, 5.41) is 18.6. The van der Waals surface area contributed by atoms with Crippen LogP contribution in [-0.4, -0.2) is 49.0 Å². The van der Waals surface area contributed by atoms with Crippen molar-refractivity contribution < 1.29 is 14.6 Å². The van der Waals surface area contributed by atoms with Crippen LogP contribution in [0.2, 0.25) is 0 Å². The zero-order valence-electron chi connectivity index (χ0n) is 18.1. The van der Waals surface area contributed by atoms with Crippen molar-refractivity contribution in [3.05, 3.63) is 29.8 Å². The molecule has 7 heteroatoms. The predicted octanol–water partition coefficient (Wildman–Crippen LogP) is 3.15. The maximum absolute atomic E-state index is 11.8. The summed E-state index contributed by atoms with van der Waals surface area (Å²) in [6.07, 6.45) is 0.361. The number of amides is 1. The van der Waals surface area contributed by atoms with Gasteiger partial charge in [-0.25, -0.2) is 4.79 Å². The second-order valence-electron chi connectivity index (χ2n) is 8.52. The molecule has 0 fully saturated rings. The average Bonchev–Trinajstić information content (AvgIpc) is 2.59. The lowest BCUT2D eigenvalue weighted by Crippen LogP contribution is -2.39. The Bertz CT molecular complexity index is 634. The van der Waals surface area contributed by atoms with Crippen LogP contribution in [-0.2, 0) is 11.2 Å². The first-order valence-electron chi connectivity index (χ1n) is 9.76. The largest absolute Gasteiger partial charge is 0.444 e. The van der Waals surface area contributed by atoms with Crippen LogP contribution in [0.5, 0.6) is 0 Å². The Morgan fingerprint density at radius 1 is 1.11 bits per heavy atom. The Morgan fingerprint density at radius 2 is 1.75 bits per heavy atom. The molecule has 0 spiro atoms. The lowest BCUT2D eigenvalue weighted by atomic mass is 9.95. The van der Waals surface area contributed by atoms with Gasteiger partial charge in [-0.05, 0) is 51.8 Å². The summed E-state index contributed by atoms with van der Waals surface area (Å²) in [5.74, 6) is 0.743. The summed E-state index contributed by atoms with van der Waals surface area (Å²) in [4.78, 5) is 16.3. The van der Waals surface area contributed by atoms with Crippen LogP contribution in [0.1, 0.15) is 47.1 Å². The van der Waals surface area contributed by atoms with Crippen molar-refractivity contribution in [1.29, 1.82) is 0 Å². The number of benzene rings is 1. The summed E-state index contributed by atoms with van der Waals surface area (Å²) in [6.45, 7) is 13.6. The lowest BCUT2D eigenvalue weighted by Gasteiger charge is -2.20. The van der Waals surface area contributed by atoms with Crippen LogP contribution in [0.3, 0.4) is 0 Å². The third-order valence-electron chi connectivity index (χ3n) is 3.74. The first-order chi connectivity index (χ1) is 13.0. The smallest absolute Gasteiger partial charge is 0.412 e. The fraction of sp³-hybridized carbons (Fsp3) is 0.619. The molecule has 4 N–H and O–H groups in total. The predicted molar refractivity (Wildman–Crippen MR) is 115 cm³/mol. The molecule has 0 unspecified atom stereocenters. The van der Waals surface area contributed by atoms with Gasteiger partial charge in [0, 0.05) is 30.8 Å². The maximum atomic E-state index is 11.8. The summed E-state index contributed by atoms with van der Waals surface area (Å²) in [5.41, 5.74) is 1.09. The number of hydrogen-bond acceptors (Lipinski definition) is 4. The van der Waals surface area contributed by atoms with Crippen molar-refractivity contribution in [2.75, 3.05) is 31.6 Å². The molecule has 1 rings (SSSR count). The molecule has 0 saturated heterocycles. The molecule has 158 valence electrons. The highest BCUT2D eigenvalue weighted by Gasteiger charge is 2.16. The number of aliphatic imine (C=N–C) groups is 1. The standard InChI is InChI=1S/C21H36N4O3/c1-7-22-18(24-14-21(5,6)15-26)23-13-12-16-8-10-17(11-9-16)25-19(27)28-20(2,3)4/h8-11,26H,7,12-15H2,1-6H3,(H,25,27)(H2,22,23,24). The van der Waals surface area contributed by atoms with Gasteiger partial charge in [-0.1, -0.05) is 26.0 Å². The van der Waals surface area contributed by atoms with Crippen molar-refractivity contribution in [2.45, 2.75) is 53.6 Å². The topological polar surface area (TPSA) is 95.0 Å². The van der Waals surface area contributed by atoms with Gasteiger partial charge in [-0.2, -0.15) is 0 Å². The molecule has 28 heavy (non-hydrogen) atoms. The van der Waals surface area contributed by atoms with Crippen LogP contribution in [0.4, 0.5) is 10.5 Å². The number of carbonyl (C=O) groups is 1. The normalized spacial score (nSPS) is 12.5. The van der Waals surface area contributed by atoms with Gasteiger partial charge in [-0.3, -0.25) is 10.3 Å². The van der Waals surface area contributed by atoms with E-state index in [-0.39, 0.29) is 12.0 Å². The zero-order valence-corrected chi connectivity index (χ0v) is 18.1. The van der Waals surface area contributed by atoms with Gasteiger partial charge >= 0.3 is 6.09 Å². The van der Waals surface area contributed by atoms with Crippen molar-refractivity contribution in [3.63, 3.8) is 0 Å². The highest BCUT2D eigenvalue weighted by Crippen LogP contribution is 2.14. The van der Waals surface area contributed by atoms with Gasteiger partial charge in [-0.15, -0.1) is 0 Å². The van der Waals surface area contributed by atoms with Crippen LogP contribution in [0.15, 0.2) is 29.3 Å². The highest BCUT2D eigenvalue weighted by atomic mass is 16.6. The van der Waals surface area contributed by atoms with Gasteiger partial charge in [0.25, 0.3) is 0 Å². The van der Waals surface area contributed by atoms with Crippen LogP contribution < -0.4 is 16.0 Å². The van der Waals surface area contributed by atoms with E-state index >= 15 is 0 Å². The fourth-order valence-electron chi connectivity index (χ4n) is 2.19. The van der Waals surface area contributed by atoms with Gasteiger partial charge in [0.2, 0.25) is 0 Å². The van der Waals surface area contributed by atoms with E-state index in [4.69, 9.17) is 4.74 Å². The van der Waals surface area contributed by atoms with E-state index in [2.05, 4.69) is 20.9 Å². The Labute approximate surface area is 169 Å². The SMILES string of the molecule is CCNC(=NCC(C)(C)CO)NCCc1ccc(NC(=O)OC(C)(C)C)cc1. The molecular formula is C21H36N4O3. The minimum atomic E-state index is -0.520. The van der Waals surface area contributed by atoms with E-state index in [1.165, 1.54) is 0 Å². The van der Waals surface area contributed by atoms with E-state index in [0.29, 0.717) is 12.2 Å². The van der Waals surface area contributed by atoms with E-state index in [9.17, 15) is 9.90 Å². The molecular weight excluding hydrogens is 356 g/mol. The molecule has 0 aliphatic rings. The van der Waals surface area contributed by atoms with Gasteiger partial charge in [0.1, 0.15) is 5.60 Å².